The third-order valence-corrected chi connectivity index (χ3v) is 6.71. The third-order valence-electron chi connectivity index (χ3n) is 5.57. The standard InChI is InChI=1S/C21H26N4OS/c1-2-8-25(9-3-1)10-4-11-26-16-5-6-17-15(13-16)14-19(22-17)20-21-18(23-24-20)7-12-27-21/h5-6,13-14,22H,1-4,7-12H2,(H,23,24). The van der Waals surface area contributed by atoms with Crippen molar-refractivity contribution in [1.29, 1.82) is 0 Å². The van der Waals surface area contributed by atoms with Gasteiger partial charge in [0.2, 0.25) is 0 Å². The number of nitrogens with one attached hydrogen (secondary N) is 2. The van der Waals surface area contributed by atoms with Gasteiger partial charge in [-0.25, -0.2) is 0 Å². The van der Waals surface area contributed by atoms with Crippen molar-refractivity contribution >= 4 is 22.7 Å². The number of aromatic amines is 2. The molecule has 0 unspecified atom stereocenters. The number of benzene rings is 1. The Balaban J connectivity index is 1.24. The van der Waals surface area contributed by atoms with E-state index in [0.717, 1.165) is 54.4 Å². The second-order valence-electron chi connectivity index (χ2n) is 7.51. The van der Waals surface area contributed by atoms with Crippen LogP contribution < -0.4 is 4.74 Å². The fourth-order valence-electron chi connectivity index (χ4n) is 4.12. The van der Waals surface area contributed by atoms with Gasteiger partial charge in [0.15, 0.2) is 0 Å². The molecule has 2 aliphatic heterocycles. The van der Waals surface area contributed by atoms with E-state index in [1.165, 1.54) is 48.3 Å². The molecule has 142 valence electrons. The van der Waals surface area contributed by atoms with Crippen molar-refractivity contribution in [1.82, 2.24) is 20.1 Å². The topological polar surface area (TPSA) is 56.9 Å². The highest BCUT2D eigenvalue weighted by molar-refractivity contribution is 7.99. The van der Waals surface area contributed by atoms with Gasteiger partial charge in [-0.2, -0.15) is 5.10 Å². The lowest BCUT2D eigenvalue weighted by molar-refractivity contribution is 0.205. The van der Waals surface area contributed by atoms with E-state index in [0.29, 0.717) is 0 Å². The van der Waals surface area contributed by atoms with E-state index in [9.17, 15) is 0 Å². The molecule has 0 aliphatic carbocycles. The molecular formula is C21H26N4OS. The fourth-order valence-corrected chi connectivity index (χ4v) is 5.24. The Morgan fingerprint density at radius 3 is 3.00 bits per heavy atom. The Morgan fingerprint density at radius 2 is 2.07 bits per heavy atom. The van der Waals surface area contributed by atoms with E-state index < -0.39 is 0 Å². The van der Waals surface area contributed by atoms with Crippen LogP contribution in [0.4, 0.5) is 0 Å². The first kappa shape index (κ1) is 17.2. The number of nitrogens with zero attached hydrogens (tertiary/aromatic N) is 2. The summed E-state index contributed by atoms with van der Waals surface area (Å²) in [5, 5.41) is 8.88. The number of aryl methyl sites for hydroxylation is 1. The van der Waals surface area contributed by atoms with Gasteiger partial charge in [0, 0.05) is 23.2 Å². The first-order chi connectivity index (χ1) is 13.4. The zero-order chi connectivity index (χ0) is 18.1. The molecule has 1 aromatic carbocycles. The molecule has 2 aliphatic rings. The molecule has 0 saturated carbocycles. The van der Waals surface area contributed by atoms with Gasteiger partial charge >= 0.3 is 0 Å². The van der Waals surface area contributed by atoms with Crippen molar-refractivity contribution in [3.05, 3.63) is 30.0 Å². The highest BCUT2D eigenvalue weighted by Gasteiger charge is 2.21. The lowest BCUT2D eigenvalue weighted by atomic mass is 10.1. The van der Waals surface area contributed by atoms with E-state index in [-0.39, 0.29) is 0 Å². The van der Waals surface area contributed by atoms with Gasteiger partial charge in [-0.05, 0) is 63.0 Å². The summed E-state index contributed by atoms with van der Waals surface area (Å²) >= 11 is 1.89. The quantitative estimate of drug-likeness (QED) is 0.618. The Morgan fingerprint density at radius 1 is 1.15 bits per heavy atom. The van der Waals surface area contributed by atoms with Gasteiger partial charge in [0.1, 0.15) is 11.4 Å². The first-order valence-electron chi connectivity index (χ1n) is 10.1. The Labute approximate surface area is 163 Å². The summed E-state index contributed by atoms with van der Waals surface area (Å²) in [5.41, 5.74) is 4.53. The van der Waals surface area contributed by atoms with Crippen LogP contribution in [0.2, 0.25) is 0 Å². The monoisotopic (exact) mass is 382 g/mol. The lowest BCUT2D eigenvalue weighted by Gasteiger charge is -2.26. The van der Waals surface area contributed by atoms with Gasteiger partial charge in [0.25, 0.3) is 0 Å². The van der Waals surface area contributed by atoms with Crippen LogP contribution >= 0.6 is 11.8 Å². The van der Waals surface area contributed by atoms with Gasteiger partial charge in [0.05, 0.1) is 22.9 Å². The molecule has 2 aromatic heterocycles. The maximum atomic E-state index is 6.01. The smallest absolute Gasteiger partial charge is 0.122 e. The number of aromatic nitrogens is 3. The fraction of sp³-hybridized carbons (Fsp3) is 0.476. The largest absolute Gasteiger partial charge is 0.494 e. The summed E-state index contributed by atoms with van der Waals surface area (Å²) < 4.78 is 6.01. The molecule has 6 heteroatoms. The minimum atomic E-state index is 0.781. The summed E-state index contributed by atoms with van der Waals surface area (Å²) in [6, 6.07) is 8.49. The molecule has 3 aromatic rings. The number of likely N-dealkylation sites (tertiary alicyclic amines) is 1. The Bertz CT molecular complexity index is 926. The zero-order valence-electron chi connectivity index (χ0n) is 15.6. The van der Waals surface area contributed by atoms with Crippen molar-refractivity contribution in [2.45, 2.75) is 37.0 Å². The molecular weight excluding hydrogens is 356 g/mol. The van der Waals surface area contributed by atoms with E-state index in [2.05, 4.69) is 44.3 Å². The highest BCUT2D eigenvalue weighted by atomic mass is 32.2. The van der Waals surface area contributed by atoms with E-state index in [1.54, 1.807) is 0 Å². The molecule has 0 radical (unpaired) electrons. The van der Waals surface area contributed by atoms with Crippen molar-refractivity contribution in [3.63, 3.8) is 0 Å². The normalized spacial score (nSPS) is 17.5. The molecule has 0 amide bonds. The van der Waals surface area contributed by atoms with Crippen molar-refractivity contribution in [2.24, 2.45) is 0 Å². The molecule has 1 fully saturated rings. The van der Waals surface area contributed by atoms with Crippen LogP contribution in [0.25, 0.3) is 22.3 Å². The molecule has 27 heavy (non-hydrogen) atoms. The minimum Gasteiger partial charge on any atom is -0.494 e. The van der Waals surface area contributed by atoms with Gasteiger partial charge < -0.3 is 14.6 Å². The Kier molecular flexibility index (Phi) is 4.84. The summed E-state index contributed by atoms with van der Waals surface area (Å²) in [5.74, 6) is 2.10. The minimum absolute atomic E-state index is 0.781. The highest BCUT2D eigenvalue weighted by Crippen LogP contribution is 2.38. The number of hydrogen-bond acceptors (Lipinski definition) is 4. The number of thioether (sulfide) groups is 1. The van der Waals surface area contributed by atoms with Crippen LogP contribution in [0.3, 0.4) is 0 Å². The molecule has 0 spiro atoms. The average molecular weight is 383 g/mol. The molecule has 4 heterocycles. The lowest BCUT2D eigenvalue weighted by Crippen LogP contribution is -2.31. The van der Waals surface area contributed by atoms with E-state index in [4.69, 9.17) is 4.74 Å². The summed E-state index contributed by atoms with van der Waals surface area (Å²) in [4.78, 5) is 7.37. The van der Waals surface area contributed by atoms with E-state index >= 15 is 0 Å². The number of ether oxygens (including phenoxy) is 1. The number of piperidine rings is 1. The second kappa shape index (κ2) is 7.60. The van der Waals surface area contributed by atoms with Gasteiger partial charge in [-0.1, -0.05) is 6.42 Å². The maximum absolute atomic E-state index is 6.01. The molecule has 5 rings (SSSR count). The van der Waals surface area contributed by atoms with Crippen LogP contribution in [0, 0.1) is 0 Å². The van der Waals surface area contributed by atoms with Gasteiger partial charge in [-0.3, -0.25) is 5.10 Å². The second-order valence-corrected chi connectivity index (χ2v) is 8.62. The van der Waals surface area contributed by atoms with Gasteiger partial charge in [-0.15, -0.1) is 11.8 Å². The van der Waals surface area contributed by atoms with Crippen LogP contribution in [0.5, 0.6) is 5.75 Å². The molecule has 1 saturated heterocycles. The summed E-state index contributed by atoms with van der Waals surface area (Å²) in [6.07, 6.45) is 6.28. The zero-order valence-corrected chi connectivity index (χ0v) is 16.4. The summed E-state index contributed by atoms with van der Waals surface area (Å²) in [7, 11) is 0. The van der Waals surface area contributed by atoms with Crippen molar-refractivity contribution in [3.8, 4) is 17.1 Å². The maximum Gasteiger partial charge on any atom is 0.122 e. The molecule has 0 atom stereocenters. The first-order valence-corrected chi connectivity index (χ1v) is 11.0. The number of hydrogen-bond donors (Lipinski definition) is 2. The molecule has 5 nitrogen and oxygen atoms in total. The van der Waals surface area contributed by atoms with Crippen molar-refractivity contribution in [2.75, 3.05) is 32.0 Å². The number of H-pyrrole nitrogens is 2. The van der Waals surface area contributed by atoms with Crippen LogP contribution in [-0.4, -0.2) is 52.1 Å². The average Bonchev–Trinajstić information content (AvgIpc) is 3.40. The van der Waals surface area contributed by atoms with E-state index in [1.807, 2.05) is 11.8 Å². The predicted octanol–water partition coefficient (Wildman–Crippen LogP) is 4.46. The number of fused-ring (bicyclic) bond motifs is 2. The molecule has 0 bridgehead atoms. The van der Waals surface area contributed by atoms with Crippen LogP contribution in [0.1, 0.15) is 31.4 Å². The van der Waals surface area contributed by atoms with Crippen LogP contribution in [-0.2, 0) is 6.42 Å². The number of rotatable bonds is 6. The van der Waals surface area contributed by atoms with Crippen LogP contribution in [0.15, 0.2) is 29.2 Å². The summed E-state index contributed by atoms with van der Waals surface area (Å²) in [6.45, 7) is 4.45. The SMILES string of the molecule is c1cc2[nH]c(-c3n[nH]c4c3SCC4)cc2cc1OCCCN1CCCCC1. The third kappa shape index (κ3) is 3.60. The molecule has 2 N–H and O–H groups in total. The predicted molar refractivity (Wildman–Crippen MR) is 111 cm³/mol. The Hall–Kier alpha value is -1.92. The van der Waals surface area contributed by atoms with Crippen molar-refractivity contribution < 1.29 is 4.74 Å².